The quantitative estimate of drug-likeness (QED) is 0.0711. The van der Waals surface area contributed by atoms with Gasteiger partial charge in [0.15, 0.2) is 0 Å². The average molecular weight is 638 g/mol. The molecule has 0 unspecified atom stereocenters. The van der Waals surface area contributed by atoms with E-state index < -0.39 is 0 Å². The highest BCUT2D eigenvalue weighted by Crippen LogP contribution is 2.02. The lowest BCUT2D eigenvalue weighted by atomic mass is 10.4. The predicted octanol–water partition coefficient (Wildman–Crippen LogP) is 0.894. The van der Waals surface area contributed by atoms with Crippen LogP contribution >= 0.6 is 0 Å². The Balaban J connectivity index is 1.62. The van der Waals surface area contributed by atoms with Gasteiger partial charge in [0.05, 0.1) is 145 Å². The molecule has 1 aliphatic rings. The fourth-order valence-electron chi connectivity index (χ4n) is 3.35. The Morgan fingerprint density at radius 3 is 0.864 bits per heavy atom. The number of ether oxygens (including phenoxy) is 11. The predicted molar refractivity (Wildman–Crippen MR) is 160 cm³/mol. The SMILES string of the molecule is CCCCOCCOCCOCCOCCOCCOCCOCCOCCOCCOCCOCCN1C(=O)C=CC1=O. The maximum Gasteiger partial charge on any atom is 0.253 e. The molecule has 14 heteroatoms. The van der Waals surface area contributed by atoms with E-state index in [4.69, 9.17) is 52.1 Å². The molecule has 0 saturated heterocycles. The first-order valence-corrected chi connectivity index (χ1v) is 15.6. The number of hydrogen-bond donors (Lipinski definition) is 0. The lowest BCUT2D eigenvalue weighted by Gasteiger charge is -2.13. The summed E-state index contributed by atoms with van der Waals surface area (Å²) in [5.41, 5.74) is 0. The smallest absolute Gasteiger partial charge is 0.253 e. The van der Waals surface area contributed by atoms with E-state index in [1.165, 1.54) is 12.2 Å². The molecule has 0 aliphatic carbocycles. The van der Waals surface area contributed by atoms with Gasteiger partial charge in [0.25, 0.3) is 11.8 Å². The molecular weight excluding hydrogens is 582 g/mol. The van der Waals surface area contributed by atoms with Crippen LogP contribution in [0.25, 0.3) is 0 Å². The third kappa shape index (κ3) is 26.8. The van der Waals surface area contributed by atoms with Gasteiger partial charge >= 0.3 is 0 Å². The van der Waals surface area contributed by atoms with E-state index in [9.17, 15) is 9.59 Å². The first-order chi connectivity index (χ1) is 21.8. The molecule has 0 N–H and O–H groups in total. The van der Waals surface area contributed by atoms with Crippen LogP contribution in [-0.4, -0.2) is 169 Å². The summed E-state index contributed by atoms with van der Waals surface area (Å²) in [6.07, 6.45) is 4.74. The van der Waals surface area contributed by atoms with E-state index in [2.05, 4.69) is 6.92 Å². The summed E-state index contributed by atoms with van der Waals surface area (Å²) in [5.74, 6) is -0.610. The molecule has 0 radical (unpaired) electrons. The Kier molecular flexibility index (Phi) is 30.2. The Labute approximate surface area is 262 Å². The van der Waals surface area contributed by atoms with Crippen LogP contribution in [0.2, 0.25) is 0 Å². The summed E-state index contributed by atoms with van der Waals surface area (Å²) in [6.45, 7) is 13.5. The zero-order valence-corrected chi connectivity index (χ0v) is 26.6. The van der Waals surface area contributed by atoms with Crippen molar-refractivity contribution < 1.29 is 61.7 Å². The van der Waals surface area contributed by atoms with E-state index in [0.29, 0.717) is 132 Å². The molecule has 0 aromatic rings. The number of rotatable bonds is 36. The summed E-state index contributed by atoms with van der Waals surface area (Å²) >= 11 is 0. The summed E-state index contributed by atoms with van der Waals surface area (Å²) in [6, 6.07) is 0. The molecule has 0 spiro atoms. The molecule has 0 fully saturated rings. The molecule has 0 aromatic heterocycles. The van der Waals surface area contributed by atoms with Crippen LogP contribution in [0, 0.1) is 0 Å². The number of nitrogens with zero attached hydrogens (tertiary/aromatic N) is 1. The lowest BCUT2D eigenvalue weighted by molar-refractivity contribution is -0.137. The first-order valence-electron chi connectivity index (χ1n) is 15.6. The number of hydrogen-bond acceptors (Lipinski definition) is 13. The number of carbonyl (C=O) groups excluding carboxylic acids is 2. The fourth-order valence-corrected chi connectivity index (χ4v) is 3.35. The second-order valence-corrected chi connectivity index (χ2v) is 9.25. The summed E-state index contributed by atoms with van der Waals surface area (Å²) < 4.78 is 59.8. The molecule has 0 bridgehead atoms. The van der Waals surface area contributed by atoms with Crippen molar-refractivity contribution in [1.82, 2.24) is 4.90 Å². The summed E-state index contributed by atoms with van der Waals surface area (Å²) in [4.78, 5) is 23.9. The molecule has 0 saturated carbocycles. The minimum absolute atomic E-state index is 0.241. The van der Waals surface area contributed by atoms with Gasteiger partial charge in [-0.3, -0.25) is 14.5 Å². The highest BCUT2D eigenvalue weighted by Gasteiger charge is 2.22. The highest BCUT2D eigenvalue weighted by atomic mass is 16.6. The summed E-state index contributed by atoms with van der Waals surface area (Å²) in [7, 11) is 0. The number of carbonyl (C=O) groups is 2. The van der Waals surface area contributed by atoms with Gasteiger partial charge in [-0.1, -0.05) is 13.3 Å². The van der Waals surface area contributed by atoms with E-state index in [1.807, 2.05) is 0 Å². The van der Waals surface area contributed by atoms with Crippen molar-refractivity contribution >= 4 is 11.8 Å². The third-order valence-electron chi connectivity index (χ3n) is 5.72. The molecule has 14 nitrogen and oxygen atoms in total. The van der Waals surface area contributed by atoms with E-state index in [1.54, 1.807) is 0 Å². The molecule has 0 aromatic carbocycles. The zero-order chi connectivity index (χ0) is 31.6. The highest BCUT2D eigenvalue weighted by molar-refractivity contribution is 6.12. The molecule has 1 heterocycles. The minimum atomic E-state index is -0.305. The van der Waals surface area contributed by atoms with E-state index in [0.717, 1.165) is 24.3 Å². The van der Waals surface area contributed by atoms with Crippen molar-refractivity contribution in [3.63, 3.8) is 0 Å². The molecule has 1 aliphatic heterocycles. The maximum absolute atomic E-state index is 11.4. The molecular formula is C30H55NO13. The van der Waals surface area contributed by atoms with Gasteiger partial charge in [-0.25, -0.2) is 0 Å². The van der Waals surface area contributed by atoms with Gasteiger partial charge in [0, 0.05) is 18.8 Å². The average Bonchev–Trinajstić information content (AvgIpc) is 3.35. The number of unbranched alkanes of at least 4 members (excludes halogenated alkanes) is 1. The van der Waals surface area contributed by atoms with Crippen molar-refractivity contribution in [3.8, 4) is 0 Å². The van der Waals surface area contributed by atoms with Gasteiger partial charge in [-0.15, -0.1) is 0 Å². The van der Waals surface area contributed by atoms with E-state index in [-0.39, 0.29) is 25.0 Å². The zero-order valence-electron chi connectivity index (χ0n) is 26.6. The van der Waals surface area contributed by atoms with Crippen molar-refractivity contribution in [1.29, 1.82) is 0 Å². The van der Waals surface area contributed by atoms with Crippen molar-refractivity contribution in [2.45, 2.75) is 19.8 Å². The van der Waals surface area contributed by atoms with Crippen LogP contribution in [0.15, 0.2) is 12.2 Å². The van der Waals surface area contributed by atoms with Crippen LogP contribution in [-0.2, 0) is 61.7 Å². The third-order valence-corrected chi connectivity index (χ3v) is 5.72. The Hall–Kier alpha value is -1.56. The van der Waals surface area contributed by atoms with Crippen LogP contribution in [0.1, 0.15) is 19.8 Å². The minimum Gasteiger partial charge on any atom is -0.379 e. The topological polar surface area (TPSA) is 139 Å². The summed E-state index contributed by atoms with van der Waals surface area (Å²) in [5, 5.41) is 0. The molecule has 1 rings (SSSR count). The monoisotopic (exact) mass is 637 g/mol. The Morgan fingerprint density at radius 2 is 0.614 bits per heavy atom. The molecule has 0 atom stereocenters. The first kappa shape index (κ1) is 40.5. The molecule has 258 valence electrons. The van der Waals surface area contributed by atoms with Gasteiger partial charge in [-0.2, -0.15) is 0 Å². The van der Waals surface area contributed by atoms with Gasteiger partial charge in [0.2, 0.25) is 0 Å². The normalized spacial score (nSPS) is 13.2. The Morgan fingerprint density at radius 1 is 0.386 bits per heavy atom. The van der Waals surface area contributed by atoms with Gasteiger partial charge < -0.3 is 52.1 Å². The second kappa shape index (κ2) is 32.8. The largest absolute Gasteiger partial charge is 0.379 e. The fraction of sp³-hybridized carbons (Fsp3) is 0.867. The van der Waals surface area contributed by atoms with Gasteiger partial charge in [-0.05, 0) is 6.42 Å². The van der Waals surface area contributed by atoms with Crippen molar-refractivity contribution in [3.05, 3.63) is 12.2 Å². The van der Waals surface area contributed by atoms with Crippen LogP contribution < -0.4 is 0 Å². The molecule has 44 heavy (non-hydrogen) atoms. The van der Waals surface area contributed by atoms with Crippen LogP contribution in [0.4, 0.5) is 0 Å². The second-order valence-electron chi connectivity index (χ2n) is 9.25. The lowest BCUT2D eigenvalue weighted by Crippen LogP contribution is -2.33. The number of imide groups is 1. The van der Waals surface area contributed by atoms with Crippen LogP contribution in [0.3, 0.4) is 0 Å². The van der Waals surface area contributed by atoms with Crippen molar-refractivity contribution in [2.24, 2.45) is 0 Å². The number of amides is 2. The van der Waals surface area contributed by atoms with Gasteiger partial charge in [0.1, 0.15) is 0 Å². The standard InChI is InChI=1S/C30H55NO13/c1-2-3-7-34-9-11-36-13-15-38-17-19-40-21-23-42-25-27-44-28-26-43-24-22-41-20-18-39-16-14-37-12-10-35-8-6-31-29(32)4-5-30(31)33/h4-5H,2-3,6-28H2,1H3. The van der Waals surface area contributed by atoms with Crippen molar-refractivity contribution in [2.75, 3.05) is 152 Å². The van der Waals surface area contributed by atoms with Crippen LogP contribution in [0.5, 0.6) is 0 Å². The maximum atomic E-state index is 11.4. The Bertz CT molecular complexity index is 665. The van der Waals surface area contributed by atoms with E-state index >= 15 is 0 Å². The molecule has 2 amide bonds.